The van der Waals surface area contributed by atoms with Crippen LogP contribution < -0.4 is 10.6 Å². The molecule has 1 aliphatic heterocycles. The molecule has 8 heteroatoms. The van der Waals surface area contributed by atoms with Gasteiger partial charge in [-0.25, -0.2) is 9.18 Å². The fourth-order valence-electron chi connectivity index (χ4n) is 3.33. The first-order chi connectivity index (χ1) is 13.7. The van der Waals surface area contributed by atoms with E-state index in [2.05, 4.69) is 20.8 Å². The Bertz CT molecular complexity index is 1000. The highest BCUT2D eigenvalue weighted by atomic mass is 32.1. The number of piperidine rings is 1. The van der Waals surface area contributed by atoms with Crippen LogP contribution in [-0.2, 0) is 4.74 Å². The molecule has 2 aromatic heterocycles. The Morgan fingerprint density at radius 3 is 3.04 bits per heavy atom. The van der Waals surface area contributed by atoms with Crippen LogP contribution in [0.15, 0.2) is 30.3 Å². The second-order valence-electron chi connectivity index (χ2n) is 6.67. The monoisotopic (exact) mass is 400 g/mol. The second kappa shape index (κ2) is 8.20. The van der Waals surface area contributed by atoms with Crippen LogP contribution in [0.2, 0.25) is 0 Å². The fraction of sp³-hybridized carbons (Fsp3) is 0.350. The maximum absolute atomic E-state index is 13.7. The lowest BCUT2D eigenvalue weighted by molar-refractivity contribution is 0.0521. The Labute approximate surface area is 166 Å². The van der Waals surface area contributed by atoms with E-state index in [0.717, 1.165) is 41.8 Å². The van der Waals surface area contributed by atoms with Gasteiger partial charge in [-0.1, -0.05) is 12.1 Å². The van der Waals surface area contributed by atoms with Crippen LogP contribution in [0.1, 0.15) is 30.3 Å². The van der Waals surface area contributed by atoms with Gasteiger partial charge in [0.25, 0.3) is 0 Å². The maximum atomic E-state index is 13.7. The minimum atomic E-state index is -0.501. The SMILES string of the molecule is CCOC(=O)c1nnc(N[C@H]2CCCNC2)c2cc(-c3cccc(F)c3)sc12. The van der Waals surface area contributed by atoms with Gasteiger partial charge in [-0.3, -0.25) is 0 Å². The topological polar surface area (TPSA) is 76.1 Å². The number of hydrogen-bond acceptors (Lipinski definition) is 7. The Hall–Kier alpha value is -2.58. The van der Waals surface area contributed by atoms with Crippen LogP contribution in [0.25, 0.3) is 20.5 Å². The van der Waals surface area contributed by atoms with Crippen LogP contribution in [0.4, 0.5) is 10.2 Å². The maximum Gasteiger partial charge on any atom is 0.360 e. The molecular formula is C20H21FN4O2S. The molecule has 2 N–H and O–H groups in total. The van der Waals surface area contributed by atoms with Gasteiger partial charge in [-0.05, 0) is 50.1 Å². The van der Waals surface area contributed by atoms with E-state index in [1.165, 1.54) is 23.5 Å². The van der Waals surface area contributed by atoms with Crippen molar-refractivity contribution in [3.63, 3.8) is 0 Å². The van der Waals surface area contributed by atoms with Crippen molar-refractivity contribution in [3.8, 4) is 10.4 Å². The molecule has 6 nitrogen and oxygen atoms in total. The Morgan fingerprint density at radius 1 is 1.39 bits per heavy atom. The predicted octanol–water partition coefficient (Wildman–Crippen LogP) is 3.84. The summed E-state index contributed by atoms with van der Waals surface area (Å²) in [7, 11) is 0. The Morgan fingerprint density at radius 2 is 2.29 bits per heavy atom. The smallest absolute Gasteiger partial charge is 0.360 e. The lowest BCUT2D eigenvalue weighted by Gasteiger charge is -2.24. The van der Waals surface area contributed by atoms with Gasteiger partial charge in [0.1, 0.15) is 5.82 Å². The van der Waals surface area contributed by atoms with E-state index >= 15 is 0 Å². The third-order valence-corrected chi connectivity index (χ3v) is 5.86. The molecule has 0 bridgehead atoms. The summed E-state index contributed by atoms with van der Waals surface area (Å²) in [4.78, 5) is 13.2. The summed E-state index contributed by atoms with van der Waals surface area (Å²) in [6, 6.07) is 8.59. The molecule has 3 aromatic rings. The van der Waals surface area contributed by atoms with Crippen LogP contribution in [0.5, 0.6) is 0 Å². The third-order valence-electron chi connectivity index (χ3n) is 4.67. The molecule has 0 unspecified atom stereocenters. The number of rotatable bonds is 5. The van der Waals surface area contributed by atoms with E-state index in [1.54, 1.807) is 13.0 Å². The van der Waals surface area contributed by atoms with E-state index in [1.807, 2.05) is 12.1 Å². The summed E-state index contributed by atoms with van der Waals surface area (Å²) >= 11 is 1.39. The Kier molecular flexibility index (Phi) is 5.50. The van der Waals surface area contributed by atoms with E-state index in [0.29, 0.717) is 10.5 Å². The lowest BCUT2D eigenvalue weighted by atomic mass is 10.1. The van der Waals surface area contributed by atoms with Gasteiger partial charge >= 0.3 is 5.97 Å². The number of hydrogen-bond donors (Lipinski definition) is 2. The van der Waals surface area contributed by atoms with Crippen LogP contribution in [0.3, 0.4) is 0 Å². The van der Waals surface area contributed by atoms with Crippen molar-refractivity contribution in [1.82, 2.24) is 15.5 Å². The molecule has 1 aromatic carbocycles. The molecule has 28 heavy (non-hydrogen) atoms. The zero-order valence-electron chi connectivity index (χ0n) is 15.5. The number of anilines is 1. The first kappa shape index (κ1) is 18.8. The number of ether oxygens (including phenoxy) is 1. The van der Waals surface area contributed by atoms with E-state index < -0.39 is 5.97 Å². The standard InChI is InChI=1S/C20H21FN4O2S/c1-2-27-20(26)17-18-15(10-16(28-18)12-5-3-6-13(21)9-12)19(25-24-17)23-14-7-4-8-22-11-14/h3,5-6,9-10,14,22H,2,4,7-8,11H2,1H3,(H,23,25)/t14-/m0/s1. The van der Waals surface area contributed by atoms with Crippen molar-refractivity contribution in [2.24, 2.45) is 0 Å². The number of carbonyl (C=O) groups excluding carboxylic acids is 1. The van der Waals surface area contributed by atoms with Crippen molar-refractivity contribution >= 4 is 33.2 Å². The van der Waals surface area contributed by atoms with Crippen molar-refractivity contribution < 1.29 is 13.9 Å². The quantitative estimate of drug-likeness (QED) is 0.634. The number of nitrogens with one attached hydrogen (secondary N) is 2. The summed E-state index contributed by atoms with van der Waals surface area (Å²) < 4.78 is 19.5. The highest BCUT2D eigenvalue weighted by Gasteiger charge is 2.22. The number of halogens is 1. The highest BCUT2D eigenvalue weighted by molar-refractivity contribution is 7.22. The van der Waals surface area contributed by atoms with Crippen LogP contribution in [0, 0.1) is 5.82 Å². The lowest BCUT2D eigenvalue weighted by Crippen LogP contribution is -2.38. The minimum absolute atomic E-state index is 0.192. The third kappa shape index (κ3) is 3.83. The average Bonchev–Trinajstić information content (AvgIpc) is 3.15. The number of fused-ring (bicyclic) bond motifs is 1. The predicted molar refractivity (Wildman–Crippen MR) is 108 cm³/mol. The van der Waals surface area contributed by atoms with Gasteiger partial charge in [0.05, 0.1) is 11.3 Å². The zero-order valence-corrected chi connectivity index (χ0v) is 16.3. The van der Waals surface area contributed by atoms with E-state index in [4.69, 9.17) is 4.74 Å². The largest absolute Gasteiger partial charge is 0.461 e. The van der Waals surface area contributed by atoms with Crippen LogP contribution in [-0.4, -0.2) is 41.9 Å². The molecule has 1 fully saturated rings. The molecule has 0 amide bonds. The molecule has 0 aliphatic carbocycles. The molecule has 1 aliphatic rings. The molecule has 1 atom stereocenters. The van der Waals surface area contributed by atoms with E-state index in [9.17, 15) is 9.18 Å². The molecule has 3 heterocycles. The number of thiophene rings is 1. The first-order valence-electron chi connectivity index (χ1n) is 9.36. The highest BCUT2D eigenvalue weighted by Crippen LogP contribution is 2.38. The average molecular weight is 400 g/mol. The molecule has 0 spiro atoms. The molecule has 146 valence electrons. The molecular weight excluding hydrogens is 379 g/mol. The van der Waals surface area contributed by atoms with Gasteiger partial charge < -0.3 is 15.4 Å². The normalized spacial score (nSPS) is 16.9. The number of benzene rings is 1. The van der Waals surface area contributed by atoms with Crippen molar-refractivity contribution in [2.45, 2.75) is 25.8 Å². The van der Waals surface area contributed by atoms with Crippen molar-refractivity contribution in [1.29, 1.82) is 0 Å². The summed E-state index contributed by atoms with van der Waals surface area (Å²) in [5, 5.41) is 16.0. The molecule has 1 saturated heterocycles. The summed E-state index contributed by atoms with van der Waals surface area (Å²) in [5.41, 5.74) is 0.943. The van der Waals surface area contributed by atoms with Crippen molar-refractivity contribution in [2.75, 3.05) is 25.0 Å². The van der Waals surface area contributed by atoms with Gasteiger partial charge in [-0.15, -0.1) is 21.5 Å². The number of esters is 1. The van der Waals surface area contributed by atoms with Gasteiger partial charge in [0.15, 0.2) is 11.5 Å². The van der Waals surface area contributed by atoms with Gasteiger partial charge in [0.2, 0.25) is 0 Å². The number of aromatic nitrogens is 2. The summed E-state index contributed by atoms with van der Waals surface area (Å²) in [5.74, 6) is -0.169. The van der Waals surface area contributed by atoms with Gasteiger partial charge in [0, 0.05) is 22.8 Å². The summed E-state index contributed by atoms with van der Waals surface area (Å²) in [6.07, 6.45) is 2.13. The van der Waals surface area contributed by atoms with E-state index in [-0.39, 0.29) is 24.2 Å². The molecule has 4 rings (SSSR count). The molecule has 0 saturated carbocycles. The van der Waals surface area contributed by atoms with Crippen LogP contribution >= 0.6 is 11.3 Å². The number of carbonyl (C=O) groups is 1. The zero-order chi connectivity index (χ0) is 19.5. The first-order valence-corrected chi connectivity index (χ1v) is 10.2. The minimum Gasteiger partial charge on any atom is -0.461 e. The Balaban J connectivity index is 1.79. The summed E-state index contributed by atoms with van der Waals surface area (Å²) in [6.45, 7) is 3.88. The van der Waals surface area contributed by atoms with Gasteiger partial charge in [-0.2, -0.15) is 0 Å². The second-order valence-corrected chi connectivity index (χ2v) is 7.72. The van der Waals surface area contributed by atoms with Crippen molar-refractivity contribution in [3.05, 3.63) is 41.8 Å². The fourth-order valence-corrected chi connectivity index (χ4v) is 4.46. The molecule has 0 radical (unpaired) electrons. The number of nitrogens with zero attached hydrogens (tertiary/aromatic N) is 2.